The van der Waals surface area contributed by atoms with Crippen LogP contribution in [-0.2, 0) is 45.0 Å². The summed E-state index contributed by atoms with van der Waals surface area (Å²) in [6.07, 6.45) is 0. The van der Waals surface area contributed by atoms with Crippen LogP contribution in [0.4, 0.5) is 0 Å². The summed E-state index contributed by atoms with van der Waals surface area (Å²) in [7, 11) is 0. The molecule has 7 heteroatoms. The second-order valence-corrected chi connectivity index (χ2v) is 2.51. The van der Waals surface area contributed by atoms with Gasteiger partial charge < -0.3 is 5.32 Å². The first-order valence-electron chi connectivity index (χ1n) is 3.77. The molecule has 0 aromatic carbocycles. The topological polar surface area (TPSA) is 97.4 Å². The van der Waals surface area contributed by atoms with E-state index in [-0.39, 0.29) is 21.1 Å². The van der Waals surface area contributed by atoms with E-state index in [1.807, 2.05) is 0 Å². The van der Waals surface area contributed by atoms with Gasteiger partial charge in [0.15, 0.2) is 11.9 Å². The predicted molar refractivity (Wildman–Crippen MR) is 49.2 cm³/mol. The van der Waals surface area contributed by atoms with Gasteiger partial charge in [0.2, 0.25) is 0 Å². The van der Waals surface area contributed by atoms with Crippen molar-refractivity contribution in [1.29, 1.82) is 0 Å². The Balaban J connectivity index is 0.00000256. The van der Waals surface area contributed by atoms with E-state index < -0.39 is 28.1 Å². The van der Waals surface area contributed by atoms with Crippen LogP contribution in [0.1, 0.15) is 0 Å². The van der Waals surface area contributed by atoms with Gasteiger partial charge in [-0.05, 0) is 0 Å². The summed E-state index contributed by atoms with van der Waals surface area (Å²) in [5.41, 5.74) is -2.58. The van der Waals surface area contributed by atoms with E-state index in [2.05, 4.69) is 5.32 Å². The molecular weight excluding hydrogens is 398 g/mol. The summed E-state index contributed by atoms with van der Waals surface area (Å²) in [4.78, 5) is 52.4. The third-order valence-electron chi connectivity index (χ3n) is 1.76. The third kappa shape index (κ3) is 2.46. The smallest absolute Gasteiger partial charge is 0.152 e. The van der Waals surface area contributed by atoms with Crippen LogP contribution in [0, 0.1) is 0 Å². The van der Waals surface area contributed by atoms with Gasteiger partial charge in [0.1, 0.15) is 45.9 Å². The van der Waals surface area contributed by atoms with Crippen molar-refractivity contribution in [2.45, 2.75) is 0 Å². The molecule has 0 aliphatic carbocycles. The molecule has 1 rings (SSSR count). The Morgan fingerprint density at radius 1 is 0.588 bits per heavy atom. The molecule has 1 heterocycles. The van der Waals surface area contributed by atoms with Crippen molar-refractivity contribution in [3.8, 4) is 0 Å². The van der Waals surface area contributed by atoms with Crippen molar-refractivity contribution < 1.29 is 45.0 Å². The minimum absolute atomic E-state index is 0. The van der Waals surface area contributed by atoms with Crippen LogP contribution in [0.15, 0.2) is 28.1 Å². The zero-order valence-corrected chi connectivity index (χ0v) is 10.9. The molecule has 0 saturated carbocycles. The van der Waals surface area contributed by atoms with Crippen LogP contribution in [0.3, 0.4) is 0 Å². The minimum atomic E-state index is -0.569. The van der Waals surface area contributed by atoms with E-state index in [0.29, 0.717) is 0 Å². The van der Waals surface area contributed by atoms with Crippen molar-refractivity contribution in [2.24, 2.45) is 0 Å². The molecular formula is C10HNO5W. The molecule has 1 aliphatic heterocycles. The second-order valence-electron chi connectivity index (χ2n) is 2.51. The standard InChI is InChI=1S/C10HNO5.W/c12-1-6-7(2-13)9(4-15)11-10(5-16)8(6)3-14;/h11H;. The van der Waals surface area contributed by atoms with Gasteiger partial charge in [-0.3, -0.25) is 0 Å². The second kappa shape index (κ2) is 6.35. The number of hydrogen-bond acceptors (Lipinski definition) is 6. The Kier molecular flexibility index (Phi) is 5.50. The number of piperidine rings is 1. The van der Waals surface area contributed by atoms with Gasteiger partial charge in [0.25, 0.3) is 0 Å². The van der Waals surface area contributed by atoms with Gasteiger partial charge in [-0.25, -0.2) is 24.0 Å². The van der Waals surface area contributed by atoms with Crippen LogP contribution in [0.25, 0.3) is 0 Å². The first-order chi connectivity index (χ1) is 7.73. The van der Waals surface area contributed by atoms with Crippen LogP contribution in [0.5, 0.6) is 0 Å². The number of rotatable bonds is 0. The Labute approximate surface area is 108 Å². The van der Waals surface area contributed by atoms with E-state index >= 15 is 0 Å². The Morgan fingerprint density at radius 3 is 1.18 bits per heavy atom. The third-order valence-corrected chi connectivity index (χ3v) is 1.76. The summed E-state index contributed by atoms with van der Waals surface area (Å²) in [5.74, 6) is 6.40. The molecule has 0 radical (unpaired) electrons. The van der Waals surface area contributed by atoms with E-state index in [1.165, 1.54) is 29.7 Å². The SMILES string of the molecule is O=C=C1NC(=C=O)C(=C=O)C(=C=O)C1=C=O.[W]. The molecule has 0 amide bonds. The fourth-order valence-corrected chi connectivity index (χ4v) is 1.08. The average molecular weight is 399 g/mol. The molecule has 0 aromatic heterocycles. The molecule has 1 N–H and O–H groups in total. The summed E-state index contributed by atoms with van der Waals surface area (Å²) >= 11 is 0. The van der Waals surface area contributed by atoms with Crippen molar-refractivity contribution in [3.63, 3.8) is 0 Å². The van der Waals surface area contributed by atoms with Gasteiger partial charge in [-0.2, -0.15) is 0 Å². The van der Waals surface area contributed by atoms with E-state index in [0.717, 1.165) is 0 Å². The summed E-state index contributed by atoms with van der Waals surface area (Å²) < 4.78 is 0. The monoisotopic (exact) mass is 399 g/mol. The van der Waals surface area contributed by atoms with Crippen molar-refractivity contribution in [1.82, 2.24) is 5.32 Å². The molecule has 0 atom stereocenters. The zero-order valence-electron chi connectivity index (χ0n) is 7.95. The maximum absolute atomic E-state index is 10.5. The molecule has 1 aliphatic rings. The van der Waals surface area contributed by atoms with Crippen molar-refractivity contribution >= 4 is 29.7 Å². The van der Waals surface area contributed by atoms with Gasteiger partial charge >= 0.3 is 0 Å². The van der Waals surface area contributed by atoms with Gasteiger partial charge in [-0.15, -0.1) is 0 Å². The number of nitrogens with one attached hydrogen (secondary N) is 1. The van der Waals surface area contributed by atoms with Crippen LogP contribution in [-0.4, -0.2) is 29.7 Å². The van der Waals surface area contributed by atoms with E-state index in [9.17, 15) is 24.0 Å². The predicted octanol–water partition coefficient (Wildman–Crippen LogP) is -1.71. The zero-order chi connectivity index (χ0) is 12.1. The van der Waals surface area contributed by atoms with Crippen molar-refractivity contribution in [2.75, 3.05) is 0 Å². The minimum Gasteiger partial charge on any atom is -0.335 e. The molecule has 82 valence electrons. The van der Waals surface area contributed by atoms with E-state index in [4.69, 9.17) is 0 Å². The van der Waals surface area contributed by atoms with Crippen LogP contribution >= 0.6 is 0 Å². The molecule has 1 saturated heterocycles. The maximum Gasteiger partial charge on any atom is 0.152 e. The molecule has 1 fully saturated rings. The molecule has 0 bridgehead atoms. The molecule has 6 nitrogen and oxygen atoms in total. The molecule has 0 aromatic rings. The Morgan fingerprint density at radius 2 is 0.941 bits per heavy atom. The maximum atomic E-state index is 10.5. The fraction of sp³-hybridized carbons (Fsp3) is 0. The molecule has 0 spiro atoms. The number of carbonyl (C=O) groups excluding carboxylic acids is 5. The quantitative estimate of drug-likeness (QED) is 0.488. The van der Waals surface area contributed by atoms with Gasteiger partial charge in [-0.1, -0.05) is 0 Å². The van der Waals surface area contributed by atoms with Crippen LogP contribution < -0.4 is 5.32 Å². The first kappa shape index (κ1) is 14.7. The molecule has 0 unspecified atom stereocenters. The Hall–Kier alpha value is -2.26. The van der Waals surface area contributed by atoms with E-state index in [1.54, 1.807) is 0 Å². The fourth-order valence-electron chi connectivity index (χ4n) is 1.08. The largest absolute Gasteiger partial charge is 0.335 e. The molecule has 17 heavy (non-hydrogen) atoms. The number of allylic oxidation sites excluding steroid dienone is 2. The normalized spacial score (nSPS) is 13.3. The Bertz CT molecular complexity index is 567. The summed E-state index contributed by atoms with van der Waals surface area (Å²) in [6, 6.07) is 0. The first-order valence-corrected chi connectivity index (χ1v) is 3.77. The van der Waals surface area contributed by atoms with Crippen molar-refractivity contribution in [3.05, 3.63) is 28.1 Å². The van der Waals surface area contributed by atoms with Crippen LogP contribution in [0.2, 0.25) is 0 Å². The van der Waals surface area contributed by atoms with Gasteiger partial charge in [0, 0.05) is 21.1 Å². The number of hydrogen-bond donors (Lipinski definition) is 1. The van der Waals surface area contributed by atoms with Gasteiger partial charge in [0.05, 0.1) is 0 Å². The summed E-state index contributed by atoms with van der Waals surface area (Å²) in [5, 5.41) is 2.11. The average Bonchev–Trinajstić information content (AvgIpc) is 2.35. The summed E-state index contributed by atoms with van der Waals surface area (Å²) in [6.45, 7) is 0.